The predicted molar refractivity (Wildman–Crippen MR) is 263 cm³/mol. The van der Waals surface area contributed by atoms with E-state index in [0.29, 0.717) is 37.9 Å². The number of hydrogen-bond acceptors (Lipinski definition) is 13. The van der Waals surface area contributed by atoms with Crippen molar-refractivity contribution in [3.63, 3.8) is 0 Å². The summed E-state index contributed by atoms with van der Waals surface area (Å²) in [7, 11) is 1.74. The minimum absolute atomic E-state index is 0.0126. The van der Waals surface area contributed by atoms with Crippen molar-refractivity contribution >= 4 is 40.0 Å². The number of likely N-dealkylation sites (tertiary alicyclic amines) is 3. The first-order valence-electron chi connectivity index (χ1n) is 25.8. The van der Waals surface area contributed by atoms with E-state index in [1.54, 1.807) is 23.5 Å². The molecule has 9 heterocycles. The SMILES string of the molecule is CO[C@@H](C)c1ncccc1-c1c2c3cc(ccc3n1C1CN(C3CC3)C1)-c1csc(n1)[C@@H](N1CC3(CCCN3C3COC3)C1)[C@H](NC(=O)C1[C@@H](C)[C@H]1C)C(=O)N1CCC[C@H](N1)C(=O)OCC(C)(C)C2. The van der Waals surface area contributed by atoms with Gasteiger partial charge in [-0.15, -0.1) is 11.3 Å². The number of hydrogen-bond donors (Lipinski definition) is 2. The molecule has 2 amide bonds. The van der Waals surface area contributed by atoms with Crippen LogP contribution in [0.25, 0.3) is 33.4 Å². The number of esters is 1. The average Bonchev–Trinajstić information content (AvgIpc) is 4.05. The third kappa shape index (κ3) is 8.04. The zero-order valence-corrected chi connectivity index (χ0v) is 41.9. The van der Waals surface area contributed by atoms with Crippen molar-refractivity contribution in [1.82, 2.24) is 45.0 Å². The van der Waals surface area contributed by atoms with Crippen LogP contribution in [0.5, 0.6) is 0 Å². The van der Waals surface area contributed by atoms with Crippen molar-refractivity contribution in [2.75, 3.05) is 66.2 Å². The number of carbonyl (C=O) groups excluding carboxylic acids is 3. The fourth-order valence-corrected chi connectivity index (χ4v) is 13.9. The molecule has 12 rings (SSSR count). The van der Waals surface area contributed by atoms with Gasteiger partial charge in [0.1, 0.15) is 17.1 Å². The molecule has 16 heteroatoms. The minimum atomic E-state index is -0.942. The Balaban J connectivity index is 1.01. The summed E-state index contributed by atoms with van der Waals surface area (Å²) >= 11 is 1.57. The average molecular weight is 960 g/mol. The molecule has 7 fully saturated rings. The van der Waals surface area contributed by atoms with E-state index in [0.717, 1.165) is 103 Å². The van der Waals surface area contributed by atoms with Gasteiger partial charge in [-0.25, -0.2) is 10.4 Å². The van der Waals surface area contributed by atoms with Crippen LogP contribution >= 0.6 is 11.3 Å². The Morgan fingerprint density at radius 3 is 2.52 bits per heavy atom. The highest BCUT2D eigenvalue weighted by atomic mass is 32.1. The summed E-state index contributed by atoms with van der Waals surface area (Å²) in [6.07, 6.45) is 8.14. The summed E-state index contributed by atoms with van der Waals surface area (Å²) in [5.41, 5.74) is 10.1. The number of rotatable bonds is 9. The highest BCUT2D eigenvalue weighted by Gasteiger charge is 2.58. The Morgan fingerprint density at radius 2 is 1.80 bits per heavy atom. The van der Waals surface area contributed by atoms with Crippen molar-refractivity contribution in [3.8, 4) is 22.5 Å². The van der Waals surface area contributed by atoms with Crippen LogP contribution in [0.15, 0.2) is 41.9 Å². The van der Waals surface area contributed by atoms with Crippen LogP contribution in [-0.4, -0.2) is 148 Å². The molecule has 6 aliphatic heterocycles. The van der Waals surface area contributed by atoms with Crippen LogP contribution in [0.4, 0.5) is 0 Å². The van der Waals surface area contributed by atoms with Crippen molar-refractivity contribution in [2.45, 2.75) is 127 Å². The maximum absolute atomic E-state index is 15.3. The summed E-state index contributed by atoms with van der Waals surface area (Å²) in [5, 5.41) is 9.01. The zero-order chi connectivity index (χ0) is 47.5. The highest BCUT2D eigenvalue weighted by Crippen LogP contribution is 2.49. The number of nitrogens with one attached hydrogen (secondary N) is 2. The molecule has 1 aromatic carbocycles. The lowest BCUT2D eigenvalue weighted by atomic mass is 9.83. The summed E-state index contributed by atoms with van der Waals surface area (Å²) in [4.78, 5) is 62.1. The first-order chi connectivity index (χ1) is 33.3. The van der Waals surface area contributed by atoms with Gasteiger partial charge in [0.25, 0.3) is 5.91 Å². The first kappa shape index (κ1) is 45.8. The molecule has 15 nitrogen and oxygen atoms in total. The van der Waals surface area contributed by atoms with Crippen LogP contribution in [0.1, 0.15) is 108 Å². The highest BCUT2D eigenvalue weighted by molar-refractivity contribution is 7.10. The van der Waals surface area contributed by atoms with Crippen LogP contribution in [0.2, 0.25) is 0 Å². The van der Waals surface area contributed by atoms with Crippen LogP contribution < -0.4 is 10.7 Å². The quantitative estimate of drug-likeness (QED) is 0.186. The van der Waals surface area contributed by atoms with Crippen molar-refractivity contribution in [3.05, 3.63) is 58.2 Å². The Bertz CT molecular complexity index is 2640. The molecule has 3 aromatic heterocycles. The number of amides is 2. The zero-order valence-electron chi connectivity index (χ0n) is 41.1. The van der Waals surface area contributed by atoms with Crippen LogP contribution in [0, 0.1) is 23.2 Å². The Labute approximate surface area is 409 Å². The number of hydrazine groups is 1. The number of benzene rings is 1. The molecule has 69 heavy (non-hydrogen) atoms. The number of aromatic nitrogens is 3. The van der Waals surface area contributed by atoms with E-state index in [-0.39, 0.29) is 59.8 Å². The van der Waals surface area contributed by atoms with E-state index >= 15 is 4.79 Å². The van der Waals surface area contributed by atoms with Crippen molar-refractivity contribution in [1.29, 1.82) is 0 Å². The molecule has 7 atom stereocenters. The van der Waals surface area contributed by atoms with E-state index in [1.807, 2.05) is 12.3 Å². The molecule has 2 saturated carbocycles. The number of cyclic esters (lactones) is 1. The third-order valence-corrected chi connectivity index (χ3v) is 18.3. The van der Waals surface area contributed by atoms with Gasteiger partial charge in [0.2, 0.25) is 5.91 Å². The topological polar surface area (TPSA) is 147 Å². The van der Waals surface area contributed by atoms with E-state index in [2.05, 4.69) is 94.3 Å². The standard InChI is InChI=1S/C53H69N9O6S/c1-30-31(2)43(30)48(63)56-45-47(59-27-53(28-59)16-9-18-60(53)36-24-67-25-36)49-55-41(26-69-49)33-12-15-42-38(20-33)39(21-52(4,5)29-68-51(65)40-11-8-19-61(57-40)50(45)64)46(37-10-7-17-54-44(37)32(3)66-6)62(42)35-22-58(23-35)34-13-14-34/h7,10,12,15,17,20,26,30-32,34-36,40,43,45,47,57H,8-9,11,13-14,16,18-19,21-25,27-29H2,1-6H3,(H,56,63)/t30-,31+,32-,40-,43?,45-,47-/m0/s1. The van der Waals surface area contributed by atoms with Gasteiger partial charge in [0.15, 0.2) is 0 Å². The van der Waals surface area contributed by atoms with Crippen molar-refractivity contribution in [2.24, 2.45) is 23.2 Å². The second kappa shape index (κ2) is 17.5. The summed E-state index contributed by atoms with van der Waals surface area (Å²) in [6.45, 7) is 17.3. The lowest BCUT2D eigenvalue weighted by molar-refractivity contribution is -0.159. The number of methoxy groups -OCH3 is 1. The Hall–Kier alpha value is -4.29. The molecular formula is C53H69N9O6S. The molecule has 6 bridgehead atoms. The predicted octanol–water partition coefficient (Wildman–Crippen LogP) is 6.15. The maximum Gasteiger partial charge on any atom is 0.324 e. The normalized spacial score (nSPS) is 30.4. The lowest BCUT2D eigenvalue weighted by Crippen LogP contribution is -2.73. The molecule has 1 unspecified atom stereocenters. The molecule has 5 saturated heterocycles. The Morgan fingerprint density at radius 1 is 1.00 bits per heavy atom. The van der Waals surface area contributed by atoms with Gasteiger partial charge in [-0.1, -0.05) is 33.8 Å². The van der Waals surface area contributed by atoms with Gasteiger partial charge in [0.05, 0.1) is 61.1 Å². The number of nitrogens with zero attached hydrogens (tertiary/aromatic N) is 7. The molecule has 8 aliphatic rings. The second-order valence-electron chi connectivity index (χ2n) is 22.7. The van der Waals surface area contributed by atoms with Gasteiger partial charge in [-0.3, -0.25) is 39.1 Å². The number of carbonyl (C=O) groups is 3. The number of pyridine rings is 1. The monoisotopic (exact) mass is 960 g/mol. The summed E-state index contributed by atoms with van der Waals surface area (Å²) in [5.74, 6) is -0.434. The third-order valence-electron chi connectivity index (χ3n) is 17.4. The Kier molecular flexibility index (Phi) is 11.6. The van der Waals surface area contributed by atoms with Gasteiger partial charge < -0.3 is 24.1 Å². The van der Waals surface area contributed by atoms with E-state index < -0.39 is 23.5 Å². The van der Waals surface area contributed by atoms with E-state index in [4.69, 9.17) is 24.2 Å². The van der Waals surface area contributed by atoms with Gasteiger partial charge >= 0.3 is 5.97 Å². The maximum atomic E-state index is 15.3. The summed E-state index contributed by atoms with van der Waals surface area (Å²) in [6, 6.07) is 10.2. The second-order valence-corrected chi connectivity index (χ2v) is 23.6. The number of thiazole rings is 1. The molecule has 2 N–H and O–H groups in total. The van der Waals surface area contributed by atoms with E-state index in [1.165, 1.54) is 18.4 Å². The smallest absolute Gasteiger partial charge is 0.324 e. The van der Waals surface area contributed by atoms with Crippen LogP contribution in [0.3, 0.4) is 0 Å². The lowest BCUT2D eigenvalue weighted by Gasteiger charge is -2.58. The number of ether oxygens (including phenoxy) is 3. The minimum Gasteiger partial charge on any atom is -0.464 e. The van der Waals surface area contributed by atoms with Gasteiger partial charge in [-0.2, -0.15) is 0 Å². The molecular weight excluding hydrogens is 891 g/mol. The molecule has 368 valence electrons. The largest absolute Gasteiger partial charge is 0.464 e. The van der Waals surface area contributed by atoms with Gasteiger partial charge in [0, 0.05) is 96.4 Å². The fourth-order valence-electron chi connectivity index (χ4n) is 12.9. The fraction of sp³-hybridized carbons (Fsp3) is 0.642. The first-order valence-corrected chi connectivity index (χ1v) is 26.7. The van der Waals surface area contributed by atoms with Crippen LogP contribution in [-0.2, 0) is 35.0 Å². The molecule has 4 aromatic rings. The number of fused-ring (bicyclic) bond motifs is 6. The van der Waals surface area contributed by atoms with Crippen molar-refractivity contribution < 1.29 is 28.6 Å². The summed E-state index contributed by atoms with van der Waals surface area (Å²) < 4.78 is 20.5. The van der Waals surface area contributed by atoms with Gasteiger partial charge in [-0.05, 0) is 100 Å². The molecule has 0 radical (unpaired) electrons. The molecule has 1 spiro atoms. The van der Waals surface area contributed by atoms with E-state index in [9.17, 15) is 9.59 Å². The molecule has 2 aliphatic carbocycles.